The van der Waals surface area contributed by atoms with Crippen molar-refractivity contribution in [3.8, 4) is 0 Å². The molecule has 2 aliphatic heterocycles. The Morgan fingerprint density at radius 1 is 1.19 bits per heavy atom. The molecular formula is C13H14N2O. The number of benzene rings is 1. The van der Waals surface area contributed by atoms with Crippen LogP contribution in [0.25, 0.3) is 6.08 Å². The van der Waals surface area contributed by atoms with Gasteiger partial charge in [0, 0.05) is 25.2 Å². The van der Waals surface area contributed by atoms with E-state index in [0.29, 0.717) is 6.42 Å². The number of anilines is 1. The molecule has 0 unspecified atom stereocenters. The van der Waals surface area contributed by atoms with Crippen LogP contribution >= 0.6 is 0 Å². The second-order valence-electron chi connectivity index (χ2n) is 4.37. The predicted molar refractivity (Wildman–Crippen MR) is 64.2 cm³/mol. The molecule has 0 aliphatic carbocycles. The van der Waals surface area contributed by atoms with Crippen molar-refractivity contribution in [2.45, 2.75) is 12.8 Å². The third-order valence-electron chi connectivity index (χ3n) is 3.10. The van der Waals surface area contributed by atoms with Crippen LogP contribution in [0.2, 0.25) is 0 Å². The first kappa shape index (κ1) is 9.60. The van der Waals surface area contributed by atoms with Crippen LogP contribution in [0.4, 0.5) is 5.69 Å². The molecule has 2 heterocycles. The largest absolute Gasteiger partial charge is 0.326 e. The van der Waals surface area contributed by atoms with Gasteiger partial charge in [-0.1, -0.05) is 18.2 Å². The Hall–Kier alpha value is -1.61. The van der Waals surface area contributed by atoms with Crippen LogP contribution in [-0.2, 0) is 11.2 Å². The predicted octanol–water partition coefficient (Wildman–Crippen LogP) is 1.56. The first-order valence-corrected chi connectivity index (χ1v) is 5.64. The summed E-state index contributed by atoms with van der Waals surface area (Å²) in [6, 6.07) is 6.31. The topological polar surface area (TPSA) is 41.1 Å². The van der Waals surface area contributed by atoms with Crippen LogP contribution in [0.5, 0.6) is 0 Å². The SMILES string of the molecule is O=C1CCc2ccc(C=C3CNC3)cc2N1. The quantitative estimate of drug-likeness (QED) is 0.745. The number of carbonyl (C=O) groups is 1. The van der Waals surface area contributed by atoms with Gasteiger partial charge >= 0.3 is 0 Å². The fraction of sp³-hybridized carbons (Fsp3) is 0.308. The van der Waals surface area contributed by atoms with Crippen LogP contribution < -0.4 is 10.6 Å². The molecule has 0 aromatic heterocycles. The van der Waals surface area contributed by atoms with Crippen LogP contribution in [0.3, 0.4) is 0 Å². The summed E-state index contributed by atoms with van der Waals surface area (Å²) in [5.41, 5.74) is 4.82. The first-order valence-electron chi connectivity index (χ1n) is 5.64. The fourth-order valence-corrected chi connectivity index (χ4v) is 2.09. The minimum atomic E-state index is 0.127. The molecule has 0 saturated carbocycles. The molecule has 82 valence electrons. The Morgan fingerprint density at radius 2 is 2.06 bits per heavy atom. The summed E-state index contributed by atoms with van der Waals surface area (Å²) in [6.45, 7) is 1.98. The Balaban J connectivity index is 1.91. The van der Waals surface area contributed by atoms with Gasteiger partial charge < -0.3 is 10.6 Å². The highest BCUT2D eigenvalue weighted by Gasteiger charge is 2.14. The van der Waals surface area contributed by atoms with Crippen molar-refractivity contribution < 1.29 is 4.79 Å². The number of hydrogen-bond acceptors (Lipinski definition) is 2. The molecule has 0 bridgehead atoms. The Bertz CT molecular complexity index is 471. The Kier molecular flexibility index (Phi) is 2.26. The summed E-state index contributed by atoms with van der Waals surface area (Å²) >= 11 is 0. The van der Waals surface area contributed by atoms with Crippen molar-refractivity contribution >= 4 is 17.7 Å². The molecule has 2 N–H and O–H groups in total. The van der Waals surface area contributed by atoms with Gasteiger partial charge in [-0.2, -0.15) is 0 Å². The molecule has 3 rings (SSSR count). The minimum Gasteiger partial charge on any atom is -0.326 e. The number of hydrogen-bond donors (Lipinski definition) is 2. The summed E-state index contributed by atoms with van der Waals surface area (Å²) < 4.78 is 0. The van der Waals surface area contributed by atoms with E-state index in [2.05, 4.69) is 34.9 Å². The molecule has 3 heteroatoms. The van der Waals surface area contributed by atoms with Gasteiger partial charge in [-0.05, 0) is 29.2 Å². The highest BCUT2D eigenvalue weighted by molar-refractivity contribution is 5.94. The highest BCUT2D eigenvalue weighted by atomic mass is 16.1. The van der Waals surface area contributed by atoms with Gasteiger partial charge in [0.2, 0.25) is 5.91 Å². The van der Waals surface area contributed by atoms with Crippen LogP contribution in [0.1, 0.15) is 17.5 Å². The Morgan fingerprint density at radius 3 is 2.81 bits per heavy atom. The van der Waals surface area contributed by atoms with E-state index in [4.69, 9.17) is 0 Å². The number of aryl methyl sites for hydroxylation is 1. The van der Waals surface area contributed by atoms with Gasteiger partial charge in [-0.15, -0.1) is 0 Å². The maximum Gasteiger partial charge on any atom is 0.224 e. The van der Waals surface area contributed by atoms with Gasteiger partial charge in [-0.3, -0.25) is 4.79 Å². The molecule has 2 aliphatic rings. The summed E-state index contributed by atoms with van der Waals surface area (Å²) in [6.07, 6.45) is 3.66. The van der Waals surface area contributed by atoms with E-state index < -0.39 is 0 Å². The molecule has 1 fully saturated rings. The van der Waals surface area contributed by atoms with E-state index in [0.717, 1.165) is 25.2 Å². The number of carbonyl (C=O) groups excluding carboxylic acids is 1. The second kappa shape index (κ2) is 3.76. The lowest BCUT2D eigenvalue weighted by molar-refractivity contribution is -0.116. The van der Waals surface area contributed by atoms with Gasteiger partial charge in [0.15, 0.2) is 0 Å². The molecular weight excluding hydrogens is 200 g/mol. The third kappa shape index (κ3) is 1.74. The highest BCUT2D eigenvalue weighted by Crippen LogP contribution is 2.24. The summed E-state index contributed by atoms with van der Waals surface area (Å²) in [5.74, 6) is 0.127. The standard InChI is InChI=1S/C13H14N2O/c16-13-4-3-11-2-1-9(6-12(11)15-13)5-10-7-14-8-10/h1-2,5-6,14H,3-4,7-8H2,(H,15,16). The van der Waals surface area contributed by atoms with Gasteiger partial charge in [0.25, 0.3) is 0 Å². The van der Waals surface area contributed by atoms with E-state index in [9.17, 15) is 4.79 Å². The molecule has 0 spiro atoms. The van der Waals surface area contributed by atoms with Crippen molar-refractivity contribution in [2.24, 2.45) is 0 Å². The van der Waals surface area contributed by atoms with Crippen LogP contribution in [0, 0.1) is 0 Å². The average Bonchev–Trinajstić information content (AvgIpc) is 2.23. The number of amides is 1. The normalized spacial score (nSPS) is 18.5. The van der Waals surface area contributed by atoms with Gasteiger partial charge in [0.05, 0.1) is 0 Å². The second-order valence-corrected chi connectivity index (χ2v) is 4.37. The average molecular weight is 214 g/mol. The maximum atomic E-state index is 11.3. The molecule has 1 amide bonds. The van der Waals surface area contributed by atoms with Crippen molar-refractivity contribution in [3.63, 3.8) is 0 Å². The lowest BCUT2D eigenvalue weighted by atomic mass is 9.99. The van der Waals surface area contributed by atoms with Crippen molar-refractivity contribution in [1.29, 1.82) is 0 Å². The lowest BCUT2D eigenvalue weighted by Crippen LogP contribution is -2.33. The minimum absolute atomic E-state index is 0.127. The molecule has 1 saturated heterocycles. The summed E-state index contributed by atoms with van der Waals surface area (Å²) in [7, 11) is 0. The van der Waals surface area contributed by atoms with Crippen molar-refractivity contribution in [3.05, 3.63) is 34.9 Å². The van der Waals surface area contributed by atoms with Crippen LogP contribution in [-0.4, -0.2) is 19.0 Å². The molecule has 3 nitrogen and oxygen atoms in total. The molecule has 1 aromatic rings. The molecule has 0 atom stereocenters. The Labute approximate surface area is 94.5 Å². The zero-order chi connectivity index (χ0) is 11.0. The fourth-order valence-electron chi connectivity index (χ4n) is 2.09. The van der Waals surface area contributed by atoms with E-state index in [1.807, 2.05) is 0 Å². The van der Waals surface area contributed by atoms with Gasteiger partial charge in [0.1, 0.15) is 0 Å². The van der Waals surface area contributed by atoms with Gasteiger partial charge in [-0.25, -0.2) is 0 Å². The van der Waals surface area contributed by atoms with E-state index in [1.54, 1.807) is 0 Å². The smallest absolute Gasteiger partial charge is 0.224 e. The lowest BCUT2D eigenvalue weighted by Gasteiger charge is -2.20. The number of nitrogens with one attached hydrogen (secondary N) is 2. The van der Waals surface area contributed by atoms with Crippen molar-refractivity contribution in [2.75, 3.05) is 18.4 Å². The molecule has 1 aromatic carbocycles. The van der Waals surface area contributed by atoms with E-state index >= 15 is 0 Å². The number of rotatable bonds is 1. The zero-order valence-corrected chi connectivity index (χ0v) is 9.05. The monoisotopic (exact) mass is 214 g/mol. The molecule has 16 heavy (non-hydrogen) atoms. The first-order chi connectivity index (χ1) is 7.81. The number of fused-ring (bicyclic) bond motifs is 1. The molecule has 0 radical (unpaired) electrons. The van der Waals surface area contributed by atoms with Crippen molar-refractivity contribution in [1.82, 2.24) is 5.32 Å². The summed E-state index contributed by atoms with van der Waals surface area (Å²) in [4.78, 5) is 11.3. The van der Waals surface area contributed by atoms with E-state index in [-0.39, 0.29) is 5.91 Å². The maximum absolute atomic E-state index is 11.3. The van der Waals surface area contributed by atoms with Crippen LogP contribution in [0.15, 0.2) is 23.8 Å². The van der Waals surface area contributed by atoms with E-state index in [1.165, 1.54) is 16.7 Å². The third-order valence-corrected chi connectivity index (χ3v) is 3.10. The zero-order valence-electron chi connectivity index (χ0n) is 9.05. The summed E-state index contributed by atoms with van der Waals surface area (Å²) in [5, 5.41) is 6.14.